The molecule has 3 nitrogen and oxygen atoms in total. The lowest BCUT2D eigenvalue weighted by Gasteiger charge is -2.12. The predicted molar refractivity (Wildman–Crippen MR) is 31.7 cm³/mol. The fourth-order valence-electron chi connectivity index (χ4n) is 0.906. The standard InChI is InChI=1S/C6H10O3/c7-3-4-1-2-5(8)6(4)9/h1-2,4-9H,3H2/t4-,5?,6?/m1/s1. The molecule has 0 fully saturated rings. The minimum atomic E-state index is -0.810. The number of aliphatic hydroxyl groups is 3. The van der Waals surface area contributed by atoms with Crippen LogP contribution in [-0.2, 0) is 0 Å². The molecular formula is C6H10O3. The first-order valence-electron chi connectivity index (χ1n) is 2.91. The third kappa shape index (κ3) is 1.13. The molecule has 0 saturated carbocycles. The van der Waals surface area contributed by atoms with Crippen LogP contribution in [0.5, 0.6) is 0 Å². The Morgan fingerprint density at radius 1 is 1.22 bits per heavy atom. The van der Waals surface area contributed by atoms with Crippen LogP contribution in [0.3, 0.4) is 0 Å². The summed E-state index contributed by atoms with van der Waals surface area (Å²) in [7, 11) is 0. The maximum Gasteiger partial charge on any atom is 0.0986 e. The maximum atomic E-state index is 8.98. The average Bonchev–Trinajstić information content (AvgIpc) is 2.15. The molecule has 3 heteroatoms. The highest BCUT2D eigenvalue weighted by molar-refractivity contribution is 5.07. The molecule has 3 atom stereocenters. The SMILES string of the molecule is OC[C@H]1C=CC(O)C1O. The molecule has 2 unspecified atom stereocenters. The van der Waals surface area contributed by atoms with Gasteiger partial charge in [0, 0.05) is 5.92 Å². The van der Waals surface area contributed by atoms with Crippen LogP contribution in [0.1, 0.15) is 0 Å². The van der Waals surface area contributed by atoms with Crippen LogP contribution in [0.4, 0.5) is 0 Å². The van der Waals surface area contributed by atoms with Gasteiger partial charge in [-0.25, -0.2) is 0 Å². The Balaban J connectivity index is 2.51. The van der Waals surface area contributed by atoms with Crippen LogP contribution in [0, 0.1) is 5.92 Å². The second kappa shape index (κ2) is 2.47. The lowest BCUT2D eigenvalue weighted by molar-refractivity contribution is 0.0181. The fraction of sp³-hybridized carbons (Fsp3) is 0.667. The summed E-state index contributed by atoms with van der Waals surface area (Å²) in [6.45, 7) is -0.102. The topological polar surface area (TPSA) is 60.7 Å². The monoisotopic (exact) mass is 130 g/mol. The van der Waals surface area contributed by atoms with Crippen LogP contribution in [0.25, 0.3) is 0 Å². The molecule has 0 heterocycles. The smallest absolute Gasteiger partial charge is 0.0986 e. The van der Waals surface area contributed by atoms with Crippen molar-refractivity contribution >= 4 is 0 Å². The summed E-state index contributed by atoms with van der Waals surface area (Å²) in [5.74, 6) is -0.278. The molecule has 0 bridgehead atoms. The first-order chi connectivity index (χ1) is 4.25. The summed E-state index contributed by atoms with van der Waals surface area (Å²) in [5.41, 5.74) is 0. The summed E-state index contributed by atoms with van der Waals surface area (Å²) in [4.78, 5) is 0. The fourth-order valence-corrected chi connectivity index (χ4v) is 0.906. The Bertz CT molecular complexity index is 121. The molecule has 0 saturated heterocycles. The van der Waals surface area contributed by atoms with Gasteiger partial charge in [0.1, 0.15) is 0 Å². The Labute approximate surface area is 53.3 Å². The molecule has 1 aliphatic rings. The van der Waals surface area contributed by atoms with Gasteiger partial charge in [0.25, 0.3) is 0 Å². The van der Waals surface area contributed by atoms with Crippen molar-refractivity contribution in [3.8, 4) is 0 Å². The van der Waals surface area contributed by atoms with Gasteiger partial charge in [0.15, 0.2) is 0 Å². The van der Waals surface area contributed by atoms with E-state index in [1.165, 1.54) is 6.08 Å². The minimum Gasteiger partial charge on any atom is -0.396 e. The largest absolute Gasteiger partial charge is 0.396 e. The van der Waals surface area contributed by atoms with Crippen molar-refractivity contribution in [1.29, 1.82) is 0 Å². The Morgan fingerprint density at radius 3 is 2.11 bits per heavy atom. The number of hydrogen-bond donors (Lipinski definition) is 3. The van der Waals surface area contributed by atoms with E-state index in [0.717, 1.165) is 0 Å². The van der Waals surface area contributed by atoms with E-state index < -0.39 is 12.2 Å². The zero-order valence-electron chi connectivity index (χ0n) is 4.94. The van der Waals surface area contributed by atoms with Crippen LogP contribution in [-0.4, -0.2) is 34.1 Å². The third-order valence-electron chi connectivity index (χ3n) is 1.55. The Morgan fingerprint density at radius 2 is 1.89 bits per heavy atom. The molecule has 0 aromatic rings. The highest BCUT2D eigenvalue weighted by Crippen LogP contribution is 2.17. The zero-order chi connectivity index (χ0) is 6.85. The second-order valence-corrected chi connectivity index (χ2v) is 2.21. The summed E-state index contributed by atoms with van der Waals surface area (Å²) < 4.78 is 0. The van der Waals surface area contributed by atoms with Gasteiger partial charge < -0.3 is 15.3 Å². The Hall–Kier alpha value is -0.380. The lowest BCUT2D eigenvalue weighted by Crippen LogP contribution is -2.27. The average molecular weight is 130 g/mol. The van der Waals surface area contributed by atoms with Gasteiger partial charge in [-0.1, -0.05) is 12.2 Å². The molecule has 3 N–H and O–H groups in total. The lowest BCUT2D eigenvalue weighted by atomic mass is 10.1. The van der Waals surface area contributed by atoms with Gasteiger partial charge >= 0.3 is 0 Å². The van der Waals surface area contributed by atoms with E-state index in [1.54, 1.807) is 6.08 Å². The van der Waals surface area contributed by atoms with Crippen LogP contribution < -0.4 is 0 Å². The molecular weight excluding hydrogens is 120 g/mol. The molecule has 0 aromatic heterocycles. The van der Waals surface area contributed by atoms with Gasteiger partial charge in [-0.05, 0) is 0 Å². The summed E-state index contributed by atoms with van der Waals surface area (Å²) in [5, 5.41) is 26.4. The Kier molecular flexibility index (Phi) is 1.85. The molecule has 1 aliphatic carbocycles. The number of aliphatic hydroxyl groups excluding tert-OH is 3. The normalized spacial score (nSPS) is 41.9. The highest BCUT2D eigenvalue weighted by Gasteiger charge is 2.26. The van der Waals surface area contributed by atoms with E-state index >= 15 is 0 Å². The van der Waals surface area contributed by atoms with E-state index in [9.17, 15) is 0 Å². The van der Waals surface area contributed by atoms with E-state index in [0.29, 0.717) is 0 Å². The molecule has 0 aliphatic heterocycles. The summed E-state index contributed by atoms with van der Waals surface area (Å²) in [6, 6.07) is 0. The predicted octanol–water partition coefficient (Wildman–Crippen LogP) is -1.11. The van der Waals surface area contributed by atoms with Crippen molar-refractivity contribution in [2.75, 3.05) is 6.61 Å². The summed E-state index contributed by atoms with van der Waals surface area (Å²) >= 11 is 0. The van der Waals surface area contributed by atoms with E-state index in [-0.39, 0.29) is 12.5 Å². The molecule has 0 amide bonds. The van der Waals surface area contributed by atoms with Crippen molar-refractivity contribution in [3.05, 3.63) is 12.2 Å². The molecule has 0 radical (unpaired) electrons. The molecule has 1 rings (SSSR count). The zero-order valence-corrected chi connectivity index (χ0v) is 4.94. The molecule has 9 heavy (non-hydrogen) atoms. The van der Waals surface area contributed by atoms with Crippen LogP contribution >= 0.6 is 0 Å². The van der Waals surface area contributed by atoms with Crippen molar-refractivity contribution < 1.29 is 15.3 Å². The van der Waals surface area contributed by atoms with Crippen molar-refractivity contribution in [3.63, 3.8) is 0 Å². The van der Waals surface area contributed by atoms with Gasteiger partial charge in [0.2, 0.25) is 0 Å². The van der Waals surface area contributed by atoms with Gasteiger partial charge in [-0.15, -0.1) is 0 Å². The summed E-state index contributed by atoms with van der Waals surface area (Å²) in [6.07, 6.45) is 1.51. The number of hydrogen-bond acceptors (Lipinski definition) is 3. The quantitative estimate of drug-likeness (QED) is 0.394. The van der Waals surface area contributed by atoms with Crippen LogP contribution in [0.15, 0.2) is 12.2 Å². The molecule has 0 spiro atoms. The van der Waals surface area contributed by atoms with Crippen molar-refractivity contribution in [2.24, 2.45) is 5.92 Å². The minimum absolute atomic E-state index is 0.102. The van der Waals surface area contributed by atoms with Crippen LogP contribution in [0.2, 0.25) is 0 Å². The third-order valence-corrected chi connectivity index (χ3v) is 1.55. The van der Waals surface area contributed by atoms with Gasteiger partial charge in [-0.2, -0.15) is 0 Å². The van der Waals surface area contributed by atoms with E-state index in [2.05, 4.69) is 0 Å². The van der Waals surface area contributed by atoms with E-state index in [1.807, 2.05) is 0 Å². The molecule has 0 aromatic carbocycles. The highest BCUT2D eigenvalue weighted by atomic mass is 16.3. The maximum absolute atomic E-state index is 8.98. The van der Waals surface area contributed by atoms with Gasteiger partial charge in [-0.3, -0.25) is 0 Å². The first-order valence-corrected chi connectivity index (χ1v) is 2.91. The number of rotatable bonds is 1. The van der Waals surface area contributed by atoms with Crippen molar-refractivity contribution in [1.82, 2.24) is 0 Å². The second-order valence-electron chi connectivity index (χ2n) is 2.21. The first kappa shape index (κ1) is 6.74. The van der Waals surface area contributed by atoms with E-state index in [4.69, 9.17) is 15.3 Å². The van der Waals surface area contributed by atoms with Crippen molar-refractivity contribution in [2.45, 2.75) is 12.2 Å². The van der Waals surface area contributed by atoms with Gasteiger partial charge in [0.05, 0.1) is 18.8 Å². The molecule has 52 valence electrons.